The maximum absolute atomic E-state index is 13.5. The number of aryl methyl sites for hydroxylation is 1. The Morgan fingerprint density at radius 1 is 1.17 bits per heavy atom. The van der Waals surface area contributed by atoms with Crippen molar-refractivity contribution in [2.45, 2.75) is 32.4 Å². The van der Waals surface area contributed by atoms with E-state index in [4.69, 9.17) is 13.9 Å². The summed E-state index contributed by atoms with van der Waals surface area (Å²) in [6, 6.07) is 8.89. The van der Waals surface area contributed by atoms with Crippen LogP contribution in [-0.2, 0) is 33.0 Å². The van der Waals surface area contributed by atoms with Crippen LogP contribution in [0, 0.1) is 0 Å². The van der Waals surface area contributed by atoms with Crippen molar-refractivity contribution in [3.8, 4) is 11.5 Å². The molecule has 7 nitrogen and oxygen atoms in total. The van der Waals surface area contributed by atoms with Crippen molar-refractivity contribution in [2.75, 3.05) is 14.2 Å². The molecule has 0 N–H and O–H groups in total. The lowest BCUT2D eigenvalue weighted by Crippen LogP contribution is -2.30. The van der Waals surface area contributed by atoms with E-state index in [-0.39, 0.29) is 5.91 Å². The summed E-state index contributed by atoms with van der Waals surface area (Å²) in [4.78, 5) is 15.2. The van der Waals surface area contributed by atoms with Crippen molar-refractivity contribution in [2.24, 2.45) is 7.05 Å². The van der Waals surface area contributed by atoms with Gasteiger partial charge in [0.25, 0.3) is 5.91 Å². The zero-order valence-corrected chi connectivity index (χ0v) is 17.0. The van der Waals surface area contributed by atoms with Gasteiger partial charge in [0.05, 0.1) is 39.3 Å². The lowest BCUT2D eigenvalue weighted by atomic mass is 10.1. The number of fused-ring (bicyclic) bond motifs is 1. The highest BCUT2D eigenvalue weighted by Gasteiger charge is 2.26. The Balaban J connectivity index is 1.67. The number of carbonyl (C=O) groups excluding carboxylic acids is 1. The SMILES string of the molecule is COc1cc(OC)cc(C(=O)N(Cc2ccco2)Cc2nn(C)c3c2CCC3)c1. The number of hydrogen-bond donors (Lipinski definition) is 0. The first kappa shape index (κ1) is 19.1. The second-order valence-corrected chi connectivity index (χ2v) is 7.19. The fraction of sp³-hybridized carbons (Fsp3) is 0.364. The standard InChI is InChI=1S/C22H25N3O4/c1-24-21-8-4-7-19(21)20(23-24)14-25(13-16-6-5-9-29-16)22(26)15-10-17(27-2)12-18(11-15)28-3/h5-6,9-12H,4,7-8,13-14H2,1-3H3. The van der Waals surface area contributed by atoms with Crippen LogP contribution < -0.4 is 9.47 Å². The van der Waals surface area contributed by atoms with Crippen molar-refractivity contribution in [1.82, 2.24) is 14.7 Å². The van der Waals surface area contributed by atoms with Crippen LogP contribution in [-0.4, -0.2) is 34.8 Å². The highest BCUT2D eigenvalue weighted by molar-refractivity contribution is 5.95. The van der Waals surface area contributed by atoms with Gasteiger partial charge in [-0.15, -0.1) is 0 Å². The fourth-order valence-electron chi connectivity index (χ4n) is 3.91. The number of amides is 1. The van der Waals surface area contributed by atoms with Gasteiger partial charge in [0.2, 0.25) is 0 Å². The van der Waals surface area contributed by atoms with Gasteiger partial charge in [0.15, 0.2) is 0 Å². The summed E-state index contributed by atoms with van der Waals surface area (Å²) in [6.07, 6.45) is 4.80. The topological polar surface area (TPSA) is 69.7 Å². The maximum Gasteiger partial charge on any atom is 0.254 e. The van der Waals surface area contributed by atoms with Gasteiger partial charge in [-0.3, -0.25) is 9.48 Å². The number of aromatic nitrogens is 2. The third kappa shape index (κ3) is 3.85. The monoisotopic (exact) mass is 395 g/mol. The van der Waals surface area contributed by atoms with Crippen LogP contribution in [0.4, 0.5) is 0 Å². The molecule has 0 unspecified atom stereocenters. The van der Waals surface area contributed by atoms with E-state index in [0.717, 1.165) is 30.7 Å². The largest absolute Gasteiger partial charge is 0.497 e. The Hall–Kier alpha value is -3.22. The minimum absolute atomic E-state index is 0.129. The predicted molar refractivity (Wildman–Crippen MR) is 107 cm³/mol. The number of benzene rings is 1. The van der Waals surface area contributed by atoms with Crippen LogP contribution in [0.25, 0.3) is 0 Å². The highest BCUT2D eigenvalue weighted by atomic mass is 16.5. The Morgan fingerprint density at radius 2 is 1.93 bits per heavy atom. The molecule has 0 aliphatic heterocycles. The van der Waals surface area contributed by atoms with E-state index in [0.29, 0.717) is 30.2 Å². The first-order chi connectivity index (χ1) is 14.1. The molecule has 29 heavy (non-hydrogen) atoms. The molecular weight excluding hydrogens is 370 g/mol. The minimum Gasteiger partial charge on any atom is -0.497 e. The number of carbonyl (C=O) groups is 1. The maximum atomic E-state index is 13.5. The summed E-state index contributed by atoms with van der Waals surface area (Å²) >= 11 is 0. The second kappa shape index (κ2) is 8.03. The van der Waals surface area contributed by atoms with Crippen molar-refractivity contribution in [1.29, 1.82) is 0 Å². The molecule has 0 saturated heterocycles. The van der Waals surface area contributed by atoms with Gasteiger partial charge in [-0.1, -0.05) is 0 Å². The van der Waals surface area contributed by atoms with E-state index >= 15 is 0 Å². The Morgan fingerprint density at radius 3 is 2.59 bits per heavy atom. The molecule has 2 heterocycles. The number of rotatable bonds is 7. The first-order valence-corrected chi connectivity index (χ1v) is 9.67. The number of ether oxygens (including phenoxy) is 2. The van der Waals surface area contributed by atoms with E-state index in [2.05, 4.69) is 5.10 Å². The normalized spacial score (nSPS) is 12.7. The molecule has 1 amide bonds. The van der Waals surface area contributed by atoms with Gasteiger partial charge in [0.1, 0.15) is 17.3 Å². The van der Waals surface area contributed by atoms with Gasteiger partial charge in [0, 0.05) is 24.4 Å². The van der Waals surface area contributed by atoms with Crippen molar-refractivity contribution in [3.05, 3.63) is 64.9 Å². The zero-order chi connectivity index (χ0) is 20.4. The van der Waals surface area contributed by atoms with Crippen LogP contribution in [0.3, 0.4) is 0 Å². The molecular formula is C22H25N3O4. The molecule has 152 valence electrons. The molecule has 2 aromatic heterocycles. The molecule has 7 heteroatoms. The molecule has 1 aliphatic carbocycles. The van der Waals surface area contributed by atoms with Gasteiger partial charge in [-0.2, -0.15) is 5.10 Å². The summed E-state index contributed by atoms with van der Waals surface area (Å²) in [5, 5.41) is 4.69. The van der Waals surface area contributed by atoms with Crippen molar-refractivity contribution < 1.29 is 18.7 Å². The van der Waals surface area contributed by atoms with Gasteiger partial charge < -0.3 is 18.8 Å². The third-order valence-corrected chi connectivity index (χ3v) is 5.35. The Kier molecular flexibility index (Phi) is 5.29. The molecule has 0 saturated carbocycles. The van der Waals surface area contributed by atoms with Crippen LogP contribution in [0.1, 0.15) is 39.5 Å². The van der Waals surface area contributed by atoms with Gasteiger partial charge in [-0.05, 0) is 49.1 Å². The highest BCUT2D eigenvalue weighted by Crippen LogP contribution is 2.28. The average molecular weight is 395 g/mol. The molecule has 0 fully saturated rings. The smallest absolute Gasteiger partial charge is 0.254 e. The number of furan rings is 1. The second-order valence-electron chi connectivity index (χ2n) is 7.19. The Bertz CT molecular complexity index is 985. The number of methoxy groups -OCH3 is 2. The van der Waals surface area contributed by atoms with E-state index in [1.54, 1.807) is 43.6 Å². The number of nitrogens with zero attached hydrogens (tertiary/aromatic N) is 3. The summed E-state index contributed by atoms with van der Waals surface area (Å²) in [6.45, 7) is 0.777. The third-order valence-electron chi connectivity index (χ3n) is 5.35. The summed E-state index contributed by atoms with van der Waals surface area (Å²) in [5.41, 5.74) is 4.00. The molecule has 0 radical (unpaired) electrons. The summed E-state index contributed by atoms with van der Waals surface area (Å²) in [5.74, 6) is 1.74. The minimum atomic E-state index is -0.129. The van der Waals surface area contributed by atoms with E-state index in [9.17, 15) is 4.79 Å². The van der Waals surface area contributed by atoms with E-state index < -0.39 is 0 Å². The zero-order valence-electron chi connectivity index (χ0n) is 17.0. The van der Waals surface area contributed by atoms with E-state index in [1.807, 2.05) is 23.9 Å². The van der Waals surface area contributed by atoms with Crippen LogP contribution in [0.5, 0.6) is 11.5 Å². The lowest BCUT2D eigenvalue weighted by Gasteiger charge is -2.22. The lowest BCUT2D eigenvalue weighted by molar-refractivity contribution is 0.0714. The van der Waals surface area contributed by atoms with Crippen LogP contribution >= 0.6 is 0 Å². The Labute approximate surface area is 169 Å². The van der Waals surface area contributed by atoms with Crippen LogP contribution in [0.15, 0.2) is 41.0 Å². The van der Waals surface area contributed by atoms with Crippen molar-refractivity contribution >= 4 is 5.91 Å². The quantitative estimate of drug-likeness (QED) is 0.614. The molecule has 0 atom stereocenters. The van der Waals surface area contributed by atoms with Crippen LogP contribution in [0.2, 0.25) is 0 Å². The molecule has 1 aliphatic rings. The van der Waals surface area contributed by atoms with Gasteiger partial charge >= 0.3 is 0 Å². The molecule has 4 rings (SSSR count). The fourth-order valence-corrected chi connectivity index (χ4v) is 3.91. The first-order valence-electron chi connectivity index (χ1n) is 9.67. The molecule has 3 aromatic rings. The molecule has 0 bridgehead atoms. The predicted octanol–water partition coefficient (Wildman–Crippen LogP) is 3.36. The average Bonchev–Trinajstić information content (AvgIpc) is 3.47. The van der Waals surface area contributed by atoms with Gasteiger partial charge in [-0.25, -0.2) is 0 Å². The molecule has 0 spiro atoms. The number of hydrogen-bond acceptors (Lipinski definition) is 5. The van der Waals surface area contributed by atoms with Crippen molar-refractivity contribution in [3.63, 3.8) is 0 Å². The summed E-state index contributed by atoms with van der Waals surface area (Å²) < 4.78 is 18.1. The molecule has 1 aromatic carbocycles. The summed E-state index contributed by atoms with van der Waals surface area (Å²) in [7, 11) is 5.11. The van der Waals surface area contributed by atoms with E-state index in [1.165, 1.54) is 11.3 Å².